The number of aliphatic hydroxyl groups excluding tert-OH is 1. The molecule has 2 unspecified atom stereocenters. The summed E-state index contributed by atoms with van der Waals surface area (Å²) < 4.78 is 35.0. The van der Waals surface area contributed by atoms with E-state index in [0.717, 1.165) is 0 Å². The highest BCUT2D eigenvalue weighted by molar-refractivity contribution is 5.85. The van der Waals surface area contributed by atoms with Crippen molar-refractivity contribution >= 4 is 18.3 Å². The molecule has 0 aliphatic carbocycles. The lowest BCUT2D eigenvalue weighted by molar-refractivity contribution is -0.123. The molecule has 1 fully saturated rings. The molecule has 0 spiro atoms. The zero-order chi connectivity index (χ0) is 16.8. The van der Waals surface area contributed by atoms with E-state index in [-0.39, 0.29) is 36.4 Å². The number of alkyl halides is 2. The summed E-state index contributed by atoms with van der Waals surface area (Å²) in [6, 6.07) is 4.26. The van der Waals surface area contributed by atoms with Crippen LogP contribution in [0.2, 0.25) is 0 Å². The molecule has 136 valence electrons. The molecule has 1 amide bonds. The van der Waals surface area contributed by atoms with Gasteiger partial charge in [0.25, 0.3) is 0 Å². The number of carbonyl (C=O) groups is 1. The maximum atomic E-state index is 12.6. The second-order valence-corrected chi connectivity index (χ2v) is 5.12. The summed E-state index contributed by atoms with van der Waals surface area (Å²) in [6.07, 6.45) is -0.227. The summed E-state index contributed by atoms with van der Waals surface area (Å²) >= 11 is 0. The van der Waals surface area contributed by atoms with Gasteiger partial charge >= 0.3 is 6.61 Å². The first-order chi connectivity index (χ1) is 11.0. The van der Waals surface area contributed by atoms with Gasteiger partial charge in [0.2, 0.25) is 5.91 Å². The highest BCUT2D eigenvalue weighted by atomic mass is 35.5. The molecule has 1 heterocycles. The molecule has 2 rings (SSSR count). The van der Waals surface area contributed by atoms with Crippen LogP contribution in [0.1, 0.15) is 18.9 Å². The summed E-state index contributed by atoms with van der Waals surface area (Å²) in [5, 5.41) is 14.9. The number of β-amino-alcohol motifs (C(OH)–C–C–N with tert-alkyl or cyclic N) is 1. The number of para-hydroxylation sites is 1. The Hall–Kier alpha value is -1.64. The number of nitrogens with one attached hydrogen (secondary N) is 2. The van der Waals surface area contributed by atoms with Gasteiger partial charge in [-0.25, -0.2) is 0 Å². The lowest BCUT2D eigenvalue weighted by atomic mass is 10.1. The van der Waals surface area contributed by atoms with E-state index in [1.807, 2.05) is 0 Å². The number of carbonyl (C=O) groups excluding carboxylic acids is 1. The Kier molecular flexibility index (Phi) is 8.17. The van der Waals surface area contributed by atoms with Crippen molar-refractivity contribution in [2.24, 2.45) is 0 Å². The number of ether oxygens (including phenoxy) is 2. The molecule has 0 bridgehead atoms. The van der Waals surface area contributed by atoms with Gasteiger partial charge < -0.3 is 25.2 Å². The predicted molar refractivity (Wildman–Crippen MR) is 85.8 cm³/mol. The van der Waals surface area contributed by atoms with E-state index < -0.39 is 18.8 Å². The number of hydrogen-bond donors (Lipinski definition) is 3. The Balaban J connectivity index is 0.00000288. The normalized spacial score (nSPS) is 19.7. The first-order valence-corrected chi connectivity index (χ1v) is 7.40. The zero-order valence-electron chi connectivity index (χ0n) is 13.1. The number of hydrogen-bond acceptors (Lipinski definition) is 5. The predicted octanol–water partition coefficient (Wildman–Crippen LogP) is 1.45. The van der Waals surface area contributed by atoms with Crippen LogP contribution in [0.4, 0.5) is 8.78 Å². The van der Waals surface area contributed by atoms with Crippen molar-refractivity contribution in [3.05, 3.63) is 23.8 Å². The molecule has 24 heavy (non-hydrogen) atoms. The minimum absolute atomic E-state index is 0. The summed E-state index contributed by atoms with van der Waals surface area (Å²) in [6.45, 7) is -0.567. The van der Waals surface area contributed by atoms with E-state index >= 15 is 0 Å². The van der Waals surface area contributed by atoms with E-state index in [2.05, 4.69) is 15.4 Å². The number of halogens is 3. The van der Waals surface area contributed by atoms with E-state index in [9.17, 15) is 18.7 Å². The van der Waals surface area contributed by atoms with Gasteiger partial charge in [-0.1, -0.05) is 12.1 Å². The Morgan fingerprint density at radius 2 is 2.25 bits per heavy atom. The Labute approximate surface area is 144 Å². The number of amides is 1. The molecule has 6 nitrogen and oxygen atoms in total. The van der Waals surface area contributed by atoms with Crippen molar-refractivity contribution in [3.63, 3.8) is 0 Å². The van der Waals surface area contributed by atoms with E-state index in [1.165, 1.54) is 6.07 Å². The van der Waals surface area contributed by atoms with Crippen LogP contribution in [0.25, 0.3) is 0 Å². The minimum Gasteiger partial charge on any atom is -0.490 e. The van der Waals surface area contributed by atoms with Crippen LogP contribution in [0, 0.1) is 0 Å². The summed E-state index contributed by atoms with van der Waals surface area (Å²) in [5.74, 6) is -0.176. The van der Waals surface area contributed by atoms with Gasteiger partial charge in [0, 0.05) is 18.7 Å². The largest absolute Gasteiger partial charge is 0.490 e. The Morgan fingerprint density at radius 3 is 2.83 bits per heavy atom. The SMILES string of the molecule is CCOc1cccc(CNC(=O)C2CC(O)CN2)c1OC(F)F.Cl. The fourth-order valence-corrected chi connectivity index (χ4v) is 2.41. The molecule has 0 saturated carbocycles. The van der Waals surface area contributed by atoms with Crippen molar-refractivity contribution in [2.75, 3.05) is 13.2 Å². The van der Waals surface area contributed by atoms with E-state index in [1.54, 1.807) is 19.1 Å². The zero-order valence-corrected chi connectivity index (χ0v) is 13.9. The van der Waals surface area contributed by atoms with Crippen LogP contribution in [-0.2, 0) is 11.3 Å². The average molecular weight is 367 g/mol. The van der Waals surface area contributed by atoms with Crippen molar-refractivity contribution in [2.45, 2.75) is 38.6 Å². The fraction of sp³-hybridized carbons (Fsp3) is 0.533. The standard InChI is InChI=1S/C15H20F2N2O4.ClH/c1-2-22-12-5-3-4-9(13(12)23-15(16)17)7-19-14(21)11-6-10(20)8-18-11;/h3-5,10-11,15,18,20H,2,6-8H2,1H3,(H,19,21);1H. The number of aliphatic hydroxyl groups is 1. The highest BCUT2D eigenvalue weighted by Crippen LogP contribution is 2.32. The van der Waals surface area contributed by atoms with Crippen LogP contribution in [0.15, 0.2) is 18.2 Å². The third kappa shape index (κ3) is 5.47. The van der Waals surface area contributed by atoms with Gasteiger partial charge in [0.05, 0.1) is 18.8 Å². The molecular formula is C15H21ClF2N2O4. The van der Waals surface area contributed by atoms with Gasteiger partial charge in [-0.15, -0.1) is 12.4 Å². The van der Waals surface area contributed by atoms with E-state index in [0.29, 0.717) is 25.1 Å². The van der Waals surface area contributed by atoms with Gasteiger partial charge in [-0.2, -0.15) is 8.78 Å². The molecule has 1 aromatic rings. The van der Waals surface area contributed by atoms with Crippen molar-refractivity contribution in [1.82, 2.24) is 10.6 Å². The maximum absolute atomic E-state index is 12.6. The topological polar surface area (TPSA) is 79.8 Å². The smallest absolute Gasteiger partial charge is 0.387 e. The molecule has 0 radical (unpaired) electrons. The Morgan fingerprint density at radius 1 is 1.50 bits per heavy atom. The fourth-order valence-electron chi connectivity index (χ4n) is 2.41. The first-order valence-electron chi connectivity index (χ1n) is 7.40. The molecule has 9 heteroatoms. The summed E-state index contributed by atoms with van der Waals surface area (Å²) in [7, 11) is 0. The van der Waals surface area contributed by atoms with Crippen LogP contribution in [0.3, 0.4) is 0 Å². The minimum atomic E-state index is -2.99. The Bertz CT molecular complexity index is 548. The molecule has 1 aliphatic rings. The molecule has 1 saturated heterocycles. The molecule has 2 atom stereocenters. The van der Waals surface area contributed by atoms with Crippen molar-refractivity contribution in [3.8, 4) is 11.5 Å². The van der Waals surface area contributed by atoms with Crippen LogP contribution >= 0.6 is 12.4 Å². The third-order valence-electron chi connectivity index (χ3n) is 3.44. The van der Waals surface area contributed by atoms with Crippen LogP contribution in [0.5, 0.6) is 11.5 Å². The molecule has 3 N–H and O–H groups in total. The molecule has 1 aromatic carbocycles. The van der Waals surface area contributed by atoms with Gasteiger partial charge in [-0.3, -0.25) is 4.79 Å². The van der Waals surface area contributed by atoms with Gasteiger partial charge in [0.15, 0.2) is 11.5 Å². The monoisotopic (exact) mass is 366 g/mol. The molecular weight excluding hydrogens is 346 g/mol. The van der Waals surface area contributed by atoms with Crippen molar-refractivity contribution < 1.29 is 28.2 Å². The van der Waals surface area contributed by atoms with E-state index in [4.69, 9.17) is 4.74 Å². The number of benzene rings is 1. The molecule has 0 aromatic heterocycles. The quantitative estimate of drug-likeness (QED) is 0.680. The van der Waals surface area contributed by atoms with Gasteiger partial charge in [0.1, 0.15) is 0 Å². The van der Waals surface area contributed by atoms with Crippen LogP contribution in [-0.4, -0.2) is 42.9 Å². The molecule has 1 aliphatic heterocycles. The maximum Gasteiger partial charge on any atom is 0.387 e. The number of rotatable bonds is 7. The first kappa shape index (κ1) is 20.4. The second-order valence-electron chi connectivity index (χ2n) is 5.12. The second kappa shape index (κ2) is 9.61. The lowest BCUT2D eigenvalue weighted by Gasteiger charge is -2.16. The summed E-state index contributed by atoms with van der Waals surface area (Å²) in [4.78, 5) is 12.0. The van der Waals surface area contributed by atoms with Gasteiger partial charge in [-0.05, 0) is 19.4 Å². The lowest BCUT2D eigenvalue weighted by Crippen LogP contribution is -2.40. The average Bonchev–Trinajstić information content (AvgIpc) is 2.93. The van der Waals surface area contributed by atoms with Crippen LogP contribution < -0.4 is 20.1 Å². The highest BCUT2D eigenvalue weighted by Gasteiger charge is 2.28. The third-order valence-corrected chi connectivity index (χ3v) is 3.44. The van der Waals surface area contributed by atoms with Crippen molar-refractivity contribution in [1.29, 1.82) is 0 Å². The summed E-state index contributed by atoms with van der Waals surface area (Å²) in [5.41, 5.74) is 0.392.